The summed E-state index contributed by atoms with van der Waals surface area (Å²) in [4.78, 5) is 12.8. The molecule has 4 aromatic rings. The van der Waals surface area contributed by atoms with E-state index >= 15 is 0 Å². The number of nitrogens with zero attached hydrogens (tertiary/aromatic N) is 3. The number of benzene rings is 3. The zero-order chi connectivity index (χ0) is 23.4. The van der Waals surface area contributed by atoms with E-state index in [0.717, 1.165) is 27.7 Å². The van der Waals surface area contributed by atoms with Crippen LogP contribution in [-0.4, -0.2) is 20.7 Å². The van der Waals surface area contributed by atoms with Crippen molar-refractivity contribution in [2.45, 2.75) is 37.7 Å². The number of hydrogen-bond donors (Lipinski definition) is 1. The Morgan fingerprint density at radius 1 is 1.03 bits per heavy atom. The van der Waals surface area contributed by atoms with Crippen molar-refractivity contribution in [3.8, 4) is 5.69 Å². The highest BCUT2D eigenvalue weighted by Gasteiger charge is 2.22. The van der Waals surface area contributed by atoms with Gasteiger partial charge in [0.15, 0.2) is 11.0 Å². The lowest BCUT2D eigenvalue weighted by molar-refractivity contribution is 0.0938. The lowest BCUT2D eigenvalue weighted by atomic mass is 10.1. The van der Waals surface area contributed by atoms with Gasteiger partial charge in [-0.05, 0) is 56.2 Å². The van der Waals surface area contributed by atoms with Gasteiger partial charge in [-0.2, -0.15) is 0 Å². The van der Waals surface area contributed by atoms with E-state index in [9.17, 15) is 4.79 Å². The number of hydrogen-bond acceptors (Lipinski definition) is 4. The molecule has 7 heteroatoms. The molecular weight excluding hydrogens is 452 g/mol. The largest absolute Gasteiger partial charge is 0.342 e. The Morgan fingerprint density at radius 2 is 1.76 bits per heavy atom. The minimum absolute atomic E-state index is 0.154. The van der Waals surface area contributed by atoms with Crippen molar-refractivity contribution in [2.24, 2.45) is 0 Å². The molecule has 0 aliphatic heterocycles. The zero-order valence-corrected chi connectivity index (χ0v) is 20.3. The normalized spacial score (nSPS) is 11.9. The Kier molecular flexibility index (Phi) is 7.16. The van der Waals surface area contributed by atoms with Crippen LogP contribution in [0.1, 0.15) is 45.8 Å². The van der Waals surface area contributed by atoms with Crippen LogP contribution in [0.2, 0.25) is 5.02 Å². The van der Waals surface area contributed by atoms with Gasteiger partial charge in [0.1, 0.15) is 0 Å². The van der Waals surface area contributed by atoms with Crippen LogP contribution in [0.4, 0.5) is 0 Å². The van der Waals surface area contributed by atoms with Gasteiger partial charge in [-0.15, -0.1) is 10.2 Å². The van der Waals surface area contributed by atoms with E-state index in [1.54, 1.807) is 11.8 Å². The first-order valence-corrected chi connectivity index (χ1v) is 12.0. The predicted octanol–water partition coefficient (Wildman–Crippen LogP) is 6.32. The fourth-order valence-electron chi connectivity index (χ4n) is 3.48. The van der Waals surface area contributed by atoms with Crippen LogP contribution in [-0.2, 0) is 5.75 Å². The van der Waals surface area contributed by atoms with Gasteiger partial charge in [-0.1, -0.05) is 77.5 Å². The number of nitrogens with one attached hydrogen (secondary N) is 1. The highest BCUT2D eigenvalue weighted by Crippen LogP contribution is 2.30. The van der Waals surface area contributed by atoms with Gasteiger partial charge >= 0.3 is 0 Å². The number of aromatic nitrogens is 3. The topological polar surface area (TPSA) is 59.8 Å². The van der Waals surface area contributed by atoms with Crippen LogP contribution < -0.4 is 5.32 Å². The van der Waals surface area contributed by atoms with Crippen LogP contribution >= 0.6 is 23.4 Å². The first-order valence-electron chi connectivity index (χ1n) is 10.7. The fourth-order valence-corrected chi connectivity index (χ4v) is 4.55. The number of halogens is 1. The van der Waals surface area contributed by atoms with E-state index in [-0.39, 0.29) is 11.9 Å². The molecule has 0 radical (unpaired) electrons. The second kappa shape index (κ2) is 10.2. The van der Waals surface area contributed by atoms with Crippen LogP contribution in [0.5, 0.6) is 0 Å². The Bertz CT molecular complexity index is 1260. The smallest absolute Gasteiger partial charge is 0.251 e. The fraction of sp³-hybridized carbons (Fsp3) is 0.192. The number of thioether (sulfide) groups is 1. The minimum atomic E-state index is -0.365. The molecule has 1 aromatic heterocycles. The van der Waals surface area contributed by atoms with Crippen molar-refractivity contribution in [3.05, 3.63) is 106 Å². The average molecular weight is 477 g/mol. The van der Waals surface area contributed by atoms with Crippen molar-refractivity contribution in [3.63, 3.8) is 0 Å². The SMILES string of the molecule is Cc1ccc(C(=O)NC(C)c2nnc(SCc3ccccc3)n2-c2cc(Cl)ccc2C)cc1. The number of carbonyl (C=O) groups excluding carboxylic acids is 1. The van der Waals surface area contributed by atoms with Gasteiger partial charge in [-0.3, -0.25) is 9.36 Å². The van der Waals surface area contributed by atoms with Crippen LogP contribution in [0.15, 0.2) is 78.0 Å². The number of carbonyl (C=O) groups is 1. The summed E-state index contributed by atoms with van der Waals surface area (Å²) < 4.78 is 1.99. The second-order valence-electron chi connectivity index (χ2n) is 7.94. The van der Waals surface area contributed by atoms with Gasteiger partial charge in [0.25, 0.3) is 5.91 Å². The highest BCUT2D eigenvalue weighted by molar-refractivity contribution is 7.98. The molecule has 1 unspecified atom stereocenters. The van der Waals surface area contributed by atoms with Gasteiger partial charge in [0.05, 0.1) is 11.7 Å². The number of amides is 1. The maximum absolute atomic E-state index is 12.8. The molecule has 33 heavy (non-hydrogen) atoms. The van der Waals surface area contributed by atoms with E-state index in [1.807, 2.05) is 86.0 Å². The van der Waals surface area contributed by atoms with Crippen LogP contribution in [0.3, 0.4) is 0 Å². The molecule has 1 heterocycles. The summed E-state index contributed by atoms with van der Waals surface area (Å²) in [6.45, 7) is 5.93. The molecule has 3 aromatic carbocycles. The molecule has 0 fully saturated rings. The Labute approximate surface area is 203 Å². The molecule has 4 rings (SSSR count). The van der Waals surface area contributed by atoms with E-state index in [4.69, 9.17) is 11.6 Å². The lowest BCUT2D eigenvalue weighted by Gasteiger charge is -2.18. The first-order chi connectivity index (χ1) is 15.9. The summed E-state index contributed by atoms with van der Waals surface area (Å²) in [5.41, 5.74) is 4.85. The standard InChI is InChI=1S/C26H25ClN4OS/c1-17-9-12-21(13-10-17)25(32)28-19(3)24-29-30-26(33-16-20-7-5-4-6-8-20)31(24)23-15-22(27)14-11-18(23)2/h4-15,19H,16H2,1-3H3,(H,28,32). The summed E-state index contributed by atoms with van der Waals surface area (Å²) >= 11 is 7.94. The second-order valence-corrected chi connectivity index (χ2v) is 9.32. The third kappa shape index (κ3) is 5.46. The predicted molar refractivity (Wildman–Crippen MR) is 134 cm³/mol. The molecule has 1 amide bonds. The van der Waals surface area contributed by atoms with Crippen molar-refractivity contribution in [1.29, 1.82) is 0 Å². The summed E-state index contributed by atoms with van der Waals surface area (Å²) in [7, 11) is 0. The molecule has 1 N–H and O–H groups in total. The maximum atomic E-state index is 12.8. The van der Waals surface area contributed by atoms with E-state index in [1.165, 1.54) is 5.56 Å². The molecule has 168 valence electrons. The van der Waals surface area contributed by atoms with E-state index in [0.29, 0.717) is 16.4 Å². The van der Waals surface area contributed by atoms with Crippen molar-refractivity contribution >= 4 is 29.3 Å². The molecule has 1 atom stereocenters. The Morgan fingerprint density at radius 3 is 2.48 bits per heavy atom. The van der Waals surface area contributed by atoms with Gasteiger partial charge in [-0.25, -0.2) is 0 Å². The third-order valence-electron chi connectivity index (χ3n) is 5.33. The van der Waals surface area contributed by atoms with Gasteiger partial charge in [0.2, 0.25) is 0 Å². The van der Waals surface area contributed by atoms with Crippen molar-refractivity contribution in [1.82, 2.24) is 20.1 Å². The summed E-state index contributed by atoms with van der Waals surface area (Å²) in [5, 5.41) is 13.4. The van der Waals surface area contributed by atoms with E-state index < -0.39 is 0 Å². The molecule has 5 nitrogen and oxygen atoms in total. The van der Waals surface area contributed by atoms with Crippen molar-refractivity contribution in [2.75, 3.05) is 0 Å². The molecule has 0 bridgehead atoms. The first kappa shape index (κ1) is 23.1. The highest BCUT2D eigenvalue weighted by atomic mass is 35.5. The molecule has 0 saturated carbocycles. The summed E-state index contributed by atoms with van der Waals surface area (Å²) in [6, 6.07) is 23.1. The quantitative estimate of drug-likeness (QED) is 0.317. The van der Waals surface area contributed by atoms with Gasteiger partial charge < -0.3 is 5.32 Å². The Balaban J connectivity index is 1.66. The number of aryl methyl sites for hydroxylation is 2. The van der Waals surface area contributed by atoms with E-state index in [2.05, 4.69) is 27.6 Å². The van der Waals surface area contributed by atoms with Gasteiger partial charge in [0, 0.05) is 16.3 Å². The monoisotopic (exact) mass is 476 g/mol. The van der Waals surface area contributed by atoms with Crippen LogP contribution in [0.25, 0.3) is 5.69 Å². The summed E-state index contributed by atoms with van der Waals surface area (Å²) in [6.07, 6.45) is 0. The molecule has 0 aliphatic rings. The Hall–Kier alpha value is -3.09. The zero-order valence-electron chi connectivity index (χ0n) is 18.7. The van der Waals surface area contributed by atoms with Crippen LogP contribution in [0, 0.1) is 13.8 Å². The molecule has 0 aliphatic carbocycles. The molecular formula is C26H25ClN4OS. The average Bonchev–Trinajstić information content (AvgIpc) is 3.24. The third-order valence-corrected chi connectivity index (χ3v) is 6.57. The number of rotatable bonds is 7. The molecule has 0 saturated heterocycles. The summed E-state index contributed by atoms with van der Waals surface area (Å²) in [5.74, 6) is 1.25. The molecule has 0 spiro atoms. The minimum Gasteiger partial charge on any atom is -0.342 e. The maximum Gasteiger partial charge on any atom is 0.251 e. The van der Waals surface area contributed by atoms with Crippen molar-refractivity contribution < 1.29 is 4.79 Å². The lowest BCUT2D eigenvalue weighted by Crippen LogP contribution is -2.28.